The van der Waals surface area contributed by atoms with Crippen molar-refractivity contribution >= 4 is 28.1 Å². The van der Waals surface area contributed by atoms with E-state index in [-0.39, 0.29) is 5.75 Å². The van der Waals surface area contributed by atoms with Crippen molar-refractivity contribution in [3.8, 4) is 16.9 Å². The van der Waals surface area contributed by atoms with E-state index in [0.717, 1.165) is 33.3 Å². The van der Waals surface area contributed by atoms with Crippen molar-refractivity contribution in [2.75, 3.05) is 11.1 Å². The molecular formula is C20H17N5O. The standard InChI is InChI=1S/C20H17N5O/c1-12-6-16(3-5-19(12)26)25-20-17-8-13(2-4-18(17)23-11-24-20)14-7-15(21)10-22-9-14/h2-11,26H,21H2,1H3,(H,23,24,25). The average molecular weight is 343 g/mol. The summed E-state index contributed by atoms with van der Waals surface area (Å²) in [6, 6.07) is 13.2. The number of aromatic nitrogens is 3. The van der Waals surface area contributed by atoms with Crippen molar-refractivity contribution in [2.45, 2.75) is 6.92 Å². The van der Waals surface area contributed by atoms with Gasteiger partial charge in [0, 0.05) is 29.0 Å². The van der Waals surface area contributed by atoms with Crippen molar-refractivity contribution in [2.24, 2.45) is 0 Å². The van der Waals surface area contributed by atoms with Gasteiger partial charge < -0.3 is 16.2 Å². The molecule has 0 amide bonds. The lowest BCUT2D eigenvalue weighted by molar-refractivity contribution is 0.471. The SMILES string of the molecule is Cc1cc(Nc2ncnc3ccc(-c4cncc(N)c4)cc23)ccc1O. The Bertz CT molecular complexity index is 1110. The van der Waals surface area contributed by atoms with Gasteiger partial charge in [0.25, 0.3) is 0 Å². The Morgan fingerprint density at radius 3 is 2.65 bits per heavy atom. The Morgan fingerprint density at radius 2 is 1.85 bits per heavy atom. The summed E-state index contributed by atoms with van der Waals surface area (Å²) in [5.74, 6) is 0.957. The van der Waals surface area contributed by atoms with Crippen LogP contribution in [0.25, 0.3) is 22.0 Å². The predicted octanol–water partition coefficient (Wildman–Crippen LogP) is 4.03. The molecular weight excluding hydrogens is 326 g/mol. The highest BCUT2D eigenvalue weighted by atomic mass is 16.3. The van der Waals surface area contributed by atoms with Crippen LogP contribution in [0.5, 0.6) is 5.75 Å². The molecule has 0 aliphatic carbocycles. The second-order valence-electron chi connectivity index (χ2n) is 6.09. The van der Waals surface area contributed by atoms with E-state index in [1.165, 1.54) is 6.33 Å². The summed E-state index contributed by atoms with van der Waals surface area (Å²) in [6.45, 7) is 1.85. The number of aryl methyl sites for hydroxylation is 1. The molecule has 0 saturated heterocycles. The summed E-state index contributed by atoms with van der Waals surface area (Å²) in [5, 5.41) is 13.9. The van der Waals surface area contributed by atoms with E-state index in [1.807, 2.05) is 43.3 Å². The summed E-state index contributed by atoms with van der Waals surface area (Å²) >= 11 is 0. The van der Waals surface area contributed by atoms with Gasteiger partial charge in [-0.3, -0.25) is 4.98 Å². The van der Waals surface area contributed by atoms with Gasteiger partial charge in [0.1, 0.15) is 17.9 Å². The number of fused-ring (bicyclic) bond motifs is 1. The van der Waals surface area contributed by atoms with Crippen LogP contribution >= 0.6 is 0 Å². The molecule has 0 spiro atoms. The Morgan fingerprint density at radius 1 is 0.962 bits per heavy atom. The number of nitrogen functional groups attached to an aromatic ring is 1. The molecule has 6 heteroatoms. The van der Waals surface area contributed by atoms with Gasteiger partial charge in [-0.25, -0.2) is 9.97 Å². The number of phenols is 1. The maximum Gasteiger partial charge on any atom is 0.141 e. The molecule has 4 N–H and O–H groups in total. The molecule has 26 heavy (non-hydrogen) atoms. The Hall–Kier alpha value is -3.67. The molecule has 0 aliphatic heterocycles. The first-order valence-corrected chi connectivity index (χ1v) is 8.12. The quantitative estimate of drug-likeness (QED) is 0.486. The van der Waals surface area contributed by atoms with Crippen molar-refractivity contribution in [1.29, 1.82) is 0 Å². The van der Waals surface area contributed by atoms with Crippen LogP contribution in [0.4, 0.5) is 17.2 Å². The Balaban J connectivity index is 1.79. The van der Waals surface area contributed by atoms with E-state index in [0.29, 0.717) is 11.5 Å². The molecule has 2 aromatic carbocycles. The zero-order valence-electron chi connectivity index (χ0n) is 14.1. The fraction of sp³-hybridized carbons (Fsp3) is 0.0500. The second-order valence-corrected chi connectivity index (χ2v) is 6.09. The van der Waals surface area contributed by atoms with Crippen molar-refractivity contribution in [3.05, 3.63) is 66.7 Å². The molecule has 0 aliphatic rings. The first-order valence-electron chi connectivity index (χ1n) is 8.12. The molecule has 4 rings (SSSR count). The van der Waals surface area contributed by atoms with Gasteiger partial charge in [-0.2, -0.15) is 0 Å². The van der Waals surface area contributed by atoms with Crippen molar-refractivity contribution in [3.63, 3.8) is 0 Å². The second kappa shape index (κ2) is 6.33. The zero-order valence-corrected chi connectivity index (χ0v) is 14.1. The first kappa shape index (κ1) is 15.8. The Kier molecular flexibility index (Phi) is 3.85. The number of nitrogens with two attached hydrogens (primary N) is 1. The number of phenolic OH excluding ortho intramolecular Hbond substituents is 1. The lowest BCUT2D eigenvalue weighted by Crippen LogP contribution is -1.97. The van der Waals surface area contributed by atoms with Crippen LogP contribution in [0.2, 0.25) is 0 Å². The van der Waals surface area contributed by atoms with Crippen LogP contribution in [-0.4, -0.2) is 20.1 Å². The number of anilines is 3. The summed E-state index contributed by atoms with van der Waals surface area (Å²) in [5.41, 5.74) is 10.8. The van der Waals surface area contributed by atoms with Crippen LogP contribution in [0.3, 0.4) is 0 Å². The fourth-order valence-electron chi connectivity index (χ4n) is 2.82. The number of aromatic hydroxyl groups is 1. The topological polar surface area (TPSA) is 97.0 Å². The summed E-state index contributed by atoms with van der Waals surface area (Å²) in [4.78, 5) is 12.9. The number of nitrogens with zero attached hydrogens (tertiary/aromatic N) is 3. The van der Waals surface area contributed by atoms with E-state index in [9.17, 15) is 5.11 Å². The van der Waals surface area contributed by atoms with Gasteiger partial charge >= 0.3 is 0 Å². The minimum absolute atomic E-state index is 0.263. The van der Waals surface area contributed by atoms with Crippen LogP contribution in [-0.2, 0) is 0 Å². The number of benzene rings is 2. The number of nitrogens with one attached hydrogen (secondary N) is 1. The highest BCUT2D eigenvalue weighted by molar-refractivity contribution is 5.94. The van der Waals surface area contributed by atoms with E-state index < -0.39 is 0 Å². The number of hydrogen-bond donors (Lipinski definition) is 3. The lowest BCUT2D eigenvalue weighted by Gasteiger charge is -2.11. The van der Waals surface area contributed by atoms with Crippen LogP contribution in [0.1, 0.15) is 5.56 Å². The summed E-state index contributed by atoms with van der Waals surface area (Å²) in [6.07, 6.45) is 4.92. The van der Waals surface area contributed by atoms with Crippen LogP contribution in [0, 0.1) is 6.92 Å². The van der Waals surface area contributed by atoms with Crippen molar-refractivity contribution < 1.29 is 5.11 Å². The molecule has 0 fully saturated rings. The maximum atomic E-state index is 9.70. The third kappa shape index (κ3) is 3.00. The van der Waals surface area contributed by atoms with Gasteiger partial charge in [0.15, 0.2) is 0 Å². The number of pyridine rings is 1. The molecule has 0 bridgehead atoms. The van der Waals surface area contributed by atoms with E-state index in [2.05, 4.69) is 20.3 Å². The average Bonchev–Trinajstić information content (AvgIpc) is 2.65. The number of hydrogen-bond acceptors (Lipinski definition) is 6. The fourth-order valence-corrected chi connectivity index (χ4v) is 2.82. The highest BCUT2D eigenvalue weighted by Gasteiger charge is 2.08. The predicted molar refractivity (Wildman–Crippen MR) is 103 cm³/mol. The Labute approximate surface area is 150 Å². The third-order valence-corrected chi connectivity index (χ3v) is 4.19. The van der Waals surface area contributed by atoms with E-state index in [1.54, 1.807) is 18.5 Å². The third-order valence-electron chi connectivity index (χ3n) is 4.19. The minimum Gasteiger partial charge on any atom is -0.508 e. The van der Waals surface area contributed by atoms with Gasteiger partial charge in [0.2, 0.25) is 0 Å². The van der Waals surface area contributed by atoms with E-state index in [4.69, 9.17) is 5.73 Å². The molecule has 0 radical (unpaired) electrons. The largest absolute Gasteiger partial charge is 0.508 e. The highest BCUT2D eigenvalue weighted by Crippen LogP contribution is 2.30. The molecule has 0 saturated carbocycles. The monoisotopic (exact) mass is 343 g/mol. The minimum atomic E-state index is 0.263. The van der Waals surface area contributed by atoms with Crippen LogP contribution < -0.4 is 11.1 Å². The molecule has 6 nitrogen and oxygen atoms in total. The smallest absolute Gasteiger partial charge is 0.141 e. The maximum absolute atomic E-state index is 9.70. The molecule has 4 aromatic rings. The van der Waals surface area contributed by atoms with E-state index >= 15 is 0 Å². The molecule has 2 heterocycles. The van der Waals surface area contributed by atoms with Gasteiger partial charge in [-0.1, -0.05) is 6.07 Å². The lowest BCUT2D eigenvalue weighted by atomic mass is 10.0. The van der Waals surface area contributed by atoms with Gasteiger partial charge in [-0.05, 0) is 54.4 Å². The van der Waals surface area contributed by atoms with Gasteiger partial charge in [0.05, 0.1) is 11.2 Å². The molecule has 2 aromatic heterocycles. The van der Waals surface area contributed by atoms with Crippen molar-refractivity contribution in [1.82, 2.24) is 15.0 Å². The number of rotatable bonds is 3. The molecule has 0 atom stereocenters. The summed E-state index contributed by atoms with van der Waals surface area (Å²) < 4.78 is 0. The zero-order chi connectivity index (χ0) is 18.1. The summed E-state index contributed by atoms with van der Waals surface area (Å²) in [7, 11) is 0. The molecule has 128 valence electrons. The van der Waals surface area contributed by atoms with Gasteiger partial charge in [-0.15, -0.1) is 0 Å². The van der Waals surface area contributed by atoms with Crippen LogP contribution in [0.15, 0.2) is 61.2 Å². The first-order chi connectivity index (χ1) is 12.6. The normalized spacial score (nSPS) is 10.8. The molecule has 0 unspecified atom stereocenters.